The summed E-state index contributed by atoms with van der Waals surface area (Å²) < 4.78 is 5.93. The SMILES string of the molecule is CCCC(=O)Nc1ccc(Cl)c(NC(=O)C(CC)Oc2ccc(-c3ccccc3)cc2)c1. The Hall–Kier alpha value is -3.31. The predicted molar refractivity (Wildman–Crippen MR) is 130 cm³/mol. The Morgan fingerprint density at radius 2 is 1.59 bits per heavy atom. The molecule has 32 heavy (non-hydrogen) atoms. The first kappa shape index (κ1) is 23.4. The number of hydrogen-bond donors (Lipinski definition) is 2. The maximum atomic E-state index is 12.8. The third kappa shape index (κ3) is 6.34. The summed E-state index contributed by atoms with van der Waals surface area (Å²) in [4.78, 5) is 24.7. The van der Waals surface area contributed by atoms with Crippen LogP contribution in [0.4, 0.5) is 11.4 Å². The van der Waals surface area contributed by atoms with E-state index in [1.807, 2.05) is 68.4 Å². The van der Waals surface area contributed by atoms with E-state index in [4.69, 9.17) is 16.3 Å². The Morgan fingerprint density at radius 1 is 0.906 bits per heavy atom. The second-order valence-electron chi connectivity index (χ2n) is 7.39. The van der Waals surface area contributed by atoms with Crippen LogP contribution in [-0.2, 0) is 9.59 Å². The van der Waals surface area contributed by atoms with Gasteiger partial charge in [-0.2, -0.15) is 0 Å². The molecule has 2 N–H and O–H groups in total. The molecule has 1 atom stereocenters. The van der Waals surface area contributed by atoms with Crippen LogP contribution >= 0.6 is 11.6 Å². The molecule has 0 aliphatic carbocycles. The molecular weight excluding hydrogens is 424 g/mol. The van der Waals surface area contributed by atoms with Crippen molar-refractivity contribution in [2.75, 3.05) is 10.6 Å². The Morgan fingerprint density at radius 3 is 2.25 bits per heavy atom. The van der Waals surface area contributed by atoms with Gasteiger partial charge in [0.15, 0.2) is 6.10 Å². The van der Waals surface area contributed by atoms with Crippen molar-refractivity contribution in [3.63, 3.8) is 0 Å². The van der Waals surface area contributed by atoms with Gasteiger partial charge in [-0.25, -0.2) is 0 Å². The fourth-order valence-electron chi connectivity index (χ4n) is 3.21. The van der Waals surface area contributed by atoms with E-state index in [2.05, 4.69) is 10.6 Å². The molecule has 0 saturated heterocycles. The molecule has 166 valence electrons. The smallest absolute Gasteiger partial charge is 0.265 e. The van der Waals surface area contributed by atoms with Gasteiger partial charge in [-0.05, 0) is 54.3 Å². The van der Waals surface area contributed by atoms with Crippen molar-refractivity contribution in [2.45, 2.75) is 39.2 Å². The summed E-state index contributed by atoms with van der Waals surface area (Å²) in [6.07, 6.45) is 0.979. The second-order valence-corrected chi connectivity index (χ2v) is 7.79. The van der Waals surface area contributed by atoms with Crippen LogP contribution in [0.1, 0.15) is 33.1 Å². The molecular formula is C26H27ClN2O3. The number of nitrogens with one attached hydrogen (secondary N) is 2. The first-order valence-electron chi connectivity index (χ1n) is 10.7. The molecule has 0 fully saturated rings. The fourth-order valence-corrected chi connectivity index (χ4v) is 3.37. The van der Waals surface area contributed by atoms with Crippen molar-refractivity contribution in [2.24, 2.45) is 0 Å². The van der Waals surface area contributed by atoms with Gasteiger partial charge in [0.05, 0.1) is 10.7 Å². The lowest BCUT2D eigenvalue weighted by molar-refractivity contribution is -0.122. The first-order chi connectivity index (χ1) is 15.5. The summed E-state index contributed by atoms with van der Waals surface area (Å²) in [5.41, 5.74) is 3.19. The Balaban J connectivity index is 1.66. The third-order valence-corrected chi connectivity index (χ3v) is 5.22. The summed E-state index contributed by atoms with van der Waals surface area (Å²) in [5.74, 6) is 0.220. The number of carbonyl (C=O) groups is 2. The Bertz CT molecular complexity index is 1050. The highest BCUT2D eigenvalue weighted by Gasteiger charge is 2.20. The molecule has 2 amide bonds. The average Bonchev–Trinajstić information content (AvgIpc) is 2.80. The van der Waals surface area contributed by atoms with Gasteiger partial charge in [-0.3, -0.25) is 9.59 Å². The van der Waals surface area contributed by atoms with E-state index >= 15 is 0 Å². The largest absolute Gasteiger partial charge is 0.481 e. The van der Waals surface area contributed by atoms with Gasteiger partial charge in [-0.1, -0.05) is 67.9 Å². The summed E-state index contributed by atoms with van der Waals surface area (Å²) in [6.45, 7) is 3.82. The van der Waals surface area contributed by atoms with Crippen molar-refractivity contribution in [1.82, 2.24) is 0 Å². The van der Waals surface area contributed by atoms with Crippen molar-refractivity contribution in [3.05, 3.63) is 77.8 Å². The van der Waals surface area contributed by atoms with Crippen LogP contribution in [0.15, 0.2) is 72.8 Å². The monoisotopic (exact) mass is 450 g/mol. The summed E-state index contributed by atoms with van der Waals surface area (Å²) in [5, 5.41) is 6.01. The highest BCUT2D eigenvalue weighted by atomic mass is 35.5. The van der Waals surface area contributed by atoms with Crippen molar-refractivity contribution in [1.29, 1.82) is 0 Å². The molecule has 0 bridgehead atoms. The third-order valence-electron chi connectivity index (χ3n) is 4.89. The molecule has 0 radical (unpaired) electrons. The number of hydrogen-bond acceptors (Lipinski definition) is 3. The van der Waals surface area contributed by atoms with Crippen LogP contribution in [0.3, 0.4) is 0 Å². The van der Waals surface area contributed by atoms with Gasteiger partial charge in [-0.15, -0.1) is 0 Å². The highest BCUT2D eigenvalue weighted by molar-refractivity contribution is 6.34. The van der Waals surface area contributed by atoms with Gasteiger partial charge in [0, 0.05) is 12.1 Å². The van der Waals surface area contributed by atoms with E-state index < -0.39 is 6.10 Å². The molecule has 0 saturated carbocycles. The summed E-state index contributed by atoms with van der Waals surface area (Å²) in [7, 11) is 0. The Labute approximate surface area is 193 Å². The molecule has 6 heteroatoms. The van der Waals surface area contributed by atoms with Gasteiger partial charge >= 0.3 is 0 Å². The minimum Gasteiger partial charge on any atom is -0.481 e. The maximum Gasteiger partial charge on any atom is 0.265 e. The summed E-state index contributed by atoms with van der Waals surface area (Å²) in [6, 6.07) is 22.7. The lowest BCUT2D eigenvalue weighted by atomic mass is 10.1. The van der Waals surface area contributed by atoms with Gasteiger partial charge < -0.3 is 15.4 Å². The predicted octanol–water partition coefficient (Wildman–Crippen LogP) is 6.54. The molecule has 0 heterocycles. The number of ether oxygens (including phenoxy) is 1. The molecule has 3 rings (SSSR count). The molecule has 0 aromatic heterocycles. The zero-order valence-electron chi connectivity index (χ0n) is 18.2. The van der Waals surface area contributed by atoms with Crippen LogP contribution in [-0.4, -0.2) is 17.9 Å². The van der Waals surface area contributed by atoms with Crippen LogP contribution in [0, 0.1) is 0 Å². The van der Waals surface area contributed by atoms with E-state index in [1.165, 1.54) is 0 Å². The quantitative estimate of drug-likeness (QED) is 0.388. The van der Waals surface area contributed by atoms with Crippen molar-refractivity contribution < 1.29 is 14.3 Å². The molecule has 0 aliphatic heterocycles. The molecule has 0 spiro atoms. The fraction of sp³-hybridized carbons (Fsp3) is 0.231. The van der Waals surface area contributed by atoms with Crippen molar-refractivity contribution in [3.8, 4) is 16.9 Å². The summed E-state index contributed by atoms with van der Waals surface area (Å²) >= 11 is 6.25. The number of halogens is 1. The van der Waals surface area contributed by atoms with E-state index in [9.17, 15) is 9.59 Å². The zero-order valence-corrected chi connectivity index (χ0v) is 19.0. The minimum atomic E-state index is -0.688. The maximum absolute atomic E-state index is 12.8. The normalized spacial score (nSPS) is 11.5. The number of rotatable bonds is 9. The van der Waals surface area contributed by atoms with Gasteiger partial charge in [0.2, 0.25) is 5.91 Å². The van der Waals surface area contributed by atoms with Crippen LogP contribution < -0.4 is 15.4 Å². The van der Waals surface area contributed by atoms with E-state index in [1.54, 1.807) is 18.2 Å². The molecule has 0 aliphatic rings. The molecule has 3 aromatic rings. The number of carbonyl (C=O) groups excluding carboxylic acids is 2. The highest BCUT2D eigenvalue weighted by Crippen LogP contribution is 2.27. The van der Waals surface area contributed by atoms with Crippen LogP contribution in [0.2, 0.25) is 5.02 Å². The Kier molecular flexibility index (Phi) is 8.28. The lowest BCUT2D eigenvalue weighted by Gasteiger charge is -2.18. The van der Waals surface area contributed by atoms with Gasteiger partial charge in [0.1, 0.15) is 5.75 Å². The topological polar surface area (TPSA) is 67.4 Å². The number of anilines is 2. The average molecular weight is 451 g/mol. The molecule has 1 unspecified atom stereocenters. The zero-order chi connectivity index (χ0) is 22.9. The lowest BCUT2D eigenvalue weighted by Crippen LogP contribution is -2.32. The molecule has 5 nitrogen and oxygen atoms in total. The standard InChI is InChI=1S/C26H27ClN2O3/c1-3-8-25(30)28-20-13-16-22(27)23(17-20)29-26(31)24(4-2)32-21-14-11-19(12-15-21)18-9-6-5-7-10-18/h5-7,9-17,24H,3-4,8H2,1-2H3,(H,28,30)(H,29,31). The second kappa shape index (κ2) is 11.3. The van der Waals surface area contributed by atoms with E-state index in [0.717, 1.165) is 17.5 Å². The van der Waals surface area contributed by atoms with E-state index in [-0.39, 0.29) is 11.8 Å². The van der Waals surface area contributed by atoms with Crippen LogP contribution in [0.25, 0.3) is 11.1 Å². The van der Waals surface area contributed by atoms with Gasteiger partial charge in [0.25, 0.3) is 5.91 Å². The molecule has 3 aromatic carbocycles. The van der Waals surface area contributed by atoms with E-state index in [0.29, 0.717) is 35.0 Å². The number of benzene rings is 3. The van der Waals surface area contributed by atoms with Crippen molar-refractivity contribution >= 4 is 34.8 Å². The number of amides is 2. The minimum absolute atomic E-state index is 0.0826. The van der Waals surface area contributed by atoms with Crippen LogP contribution in [0.5, 0.6) is 5.75 Å². The first-order valence-corrected chi connectivity index (χ1v) is 11.1.